The smallest absolute Gasteiger partial charge is 0.241 e. The van der Waals surface area contributed by atoms with Crippen molar-refractivity contribution in [1.82, 2.24) is 9.80 Å². The lowest BCUT2D eigenvalue weighted by molar-refractivity contribution is -0.137. The molecule has 0 aliphatic rings. The molecule has 2 amide bonds. The number of hydrogen-bond donors (Lipinski definition) is 0. The molecule has 0 N–H and O–H groups in total. The van der Waals surface area contributed by atoms with E-state index in [4.69, 9.17) is 11.6 Å². The average molecular weight is 347 g/mol. The maximum atomic E-state index is 12.2. The number of amides is 2. The van der Waals surface area contributed by atoms with Gasteiger partial charge in [0.05, 0.1) is 22.2 Å². The standard InChI is InChI=1S/C14H19ClN2O4S/c1-16(2)14(19)10-17(3)13(18)8-9-22(20,21)12-7-5-4-6-11(12)15/h4-7H,8-10H2,1-3H3. The van der Waals surface area contributed by atoms with Crippen molar-refractivity contribution < 1.29 is 18.0 Å². The topological polar surface area (TPSA) is 74.8 Å². The van der Waals surface area contributed by atoms with Gasteiger partial charge >= 0.3 is 0 Å². The van der Waals surface area contributed by atoms with E-state index >= 15 is 0 Å². The number of carbonyl (C=O) groups is 2. The van der Waals surface area contributed by atoms with E-state index < -0.39 is 15.7 Å². The summed E-state index contributed by atoms with van der Waals surface area (Å²) < 4.78 is 24.4. The van der Waals surface area contributed by atoms with E-state index in [-0.39, 0.29) is 34.5 Å². The Labute approximate surface area is 135 Å². The highest BCUT2D eigenvalue weighted by atomic mass is 35.5. The lowest BCUT2D eigenvalue weighted by atomic mass is 10.4. The summed E-state index contributed by atoms with van der Waals surface area (Å²) in [4.78, 5) is 26.0. The second-order valence-corrected chi connectivity index (χ2v) is 7.52. The lowest BCUT2D eigenvalue weighted by Crippen LogP contribution is -2.38. The SMILES string of the molecule is CN(C)C(=O)CN(C)C(=O)CCS(=O)(=O)c1ccccc1Cl. The van der Waals surface area contributed by atoms with Crippen LogP contribution in [-0.2, 0) is 19.4 Å². The van der Waals surface area contributed by atoms with Crippen LogP contribution in [0.4, 0.5) is 0 Å². The van der Waals surface area contributed by atoms with Crippen LogP contribution in [0.2, 0.25) is 5.02 Å². The van der Waals surface area contributed by atoms with Crippen LogP contribution in [0.3, 0.4) is 0 Å². The summed E-state index contributed by atoms with van der Waals surface area (Å²) in [6.45, 7) is -0.0853. The number of nitrogens with zero attached hydrogens (tertiary/aromatic N) is 2. The quantitative estimate of drug-likeness (QED) is 0.771. The minimum Gasteiger partial charge on any atom is -0.347 e. The maximum absolute atomic E-state index is 12.2. The van der Waals surface area contributed by atoms with E-state index in [1.807, 2.05) is 0 Å². The van der Waals surface area contributed by atoms with Crippen LogP contribution in [0.1, 0.15) is 6.42 Å². The van der Waals surface area contributed by atoms with Crippen LogP contribution in [0.15, 0.2) is 29.2 Å². The average Bonchev–Trinajstić information content (AvgIpc) is 2.44. The number of benzene rings is 1. The summed E-state index contributed by atoms with van der Waals surface area (Å²) >= 11 is 5.87. The highest BCUT2D eigenvalue weighted by Crippen LogP contribution is 2.22. The molecule has 0 heterocycles. The molecule has 0 aromatic heterocycles. The minimum atomic E-state index is -3.64. The van der Waals surface area contributed by atoms with Gasteiger partial charge in [0.1, 0.15) is 0 Å². The monoisotopic (exact) mass is 346 g/mol. The normalized spacial score (nSPS) is 11.1. The molecule has 1 aromatic carbocycles. The van der Waals surface area contributed by atoms with Crippen molar-refractivity contribution in [2.24, 2.45) is 0 Å². The Hall–Kier alpha value is -1.60. The van der Waals surface area contributed by atoms with Crippen LogP contribution in [0.25, 0.3) is 0 Å². The Bertz CT molecular complexity index is 659. The zero-order chi connectivity index (χ0) is 16.9. The van der Waals surface area contributed by atoms with Gasteiger partial charge in [-0.1, -0.05) is 23.7 Å². The first-order valence-electron chi connectivity index (χ1n) is 6.56. The highest BCUT2D eigenvalue weighted by molar-refractivity contribution is 7.91. The molecule has 6 nitrogen and oxygen atoms in total. The summed E-state index contributed by atoms with van der Waals surface area (Å²) in [5, 5.41) is 0.131. The van der Waals surface area contributed by atoms with Gasteiger partial charge in [0.15, 0.2) is 9.84 Å². The maximum Gasteiger partial charge on any atom is 0.241 e. The highest BCUT2D eigenvalue weighted by Gasteiger charge is 2.21. The minimum absolute atomic E-state index is 0.0106. The molecule has 0 radical (unpaired) electrons. The molecule has 0 aliphatic heterocycles. The number of sulfone groups is 1. The fourth-order valence-electron chi connectivity index (χ4n) is 1.65. The van der Waals surface area contributed by atoms with E-state index in [0.29, 0.717) is 0 Å². The molecule has 0 fully saturated rings. The molecule has 0 atom stereocenters. The van der Waals surface area contributed by atoms with Crippen molar-refractivity contribution >= 4 is 33.3 Å². The fourth-order valence-corrected chi connectivity index (χ4v) is 3.45. The van der Waals surface area contributed by atoms with Gasteiger partial charge in [0, 0.05) is 27.6 Å². The second kappa shape index (κ2) is 7.60. The fraction of sp³-hybridized carbons (Fsp3) is 0.429. The summed E-state index contributed by atoms with van der Waals surface area (Å²) in [5.41, 5.74) is 0. The molecule has 8 heteroatoms. The Balaban J connectivity index is 2.67. The number of likely N-dealkylation sites (N-methyl/N-ethyl adjacent to an activating group) is 2. The Morgan fingerprint density at radius 3 is 2.23 bits per heavy atom. The number of rotatable bonds is 6. The second-order valence-electron chi connectivity index (χ2n) is 5.04. The van der Waals surface area contributed by atoms with E-state index in [1.54, 1.807) is 26.2 Å². The van der Waals surface area contributed by atoms with Gasteiger partial charge in [-0.2, -0.15) is 0 Å². The van der Waals surface area contributed by atoms with Crippen LogP contribution in [-0.4, -0.2) is 63.5 Å². The zero-order valence-electron chi connectivity index (χ0n) is 12.7. The van der Waals surface area contributed by atoms with E-state index in [0.717, 1.165) is 0 Å². The van der Waals surface area contributed by atoms with Crippen LogP contribution in [0.5, 0.6) is 0 Å². The predicted molar refractivity (Wildman–Crippen MR) is 84.5 cm³/mol. The zero-order valence-corrected chi connectivity index (χ0v) is 14.3. The van der Waals surface area contributed by atoms with Gasteiger partial charge in [0.2, 0.25) is 11.8 Å². The molecule has 0 aliphatic carbocycles. The molecule has 0 unspecified atom stereocenters. The van der Waals surface area contributed by atoms with Crippen molar-refractivity contribution in [3.05, 3.63) is 29.3 Å². The Morgan fingerprint density at radius 2 is 1.68 bits per heavy atom. The largest absolute Gasteiger partial charge is 0.347 e. The molecule has 0 saturated heterocycles. The molecule has 1 aromatic rings. The lowest BCUT2D eigenvalue weighted by Gasteiger charge is -2.19. The van der Waals surface area contributed by atoms with Crippen molar-refractivity contribution in [1.29, 1.82) is 0 Å². The Morgan fingerprint density at radius 1 is 1.09 bits per heavy atom. The van der Waals surface area contributed by atoms with Gasteiger partial charge in [0.25, 0.3) is 0 Å². The first kappa shape index (κ1) is 18.4. The molecular formula is C14H19ClN2O4S. The molecular weight excluding hydrogens is 328 g/mol. The molecule has 0 spiro atoms. The first-order chi connectivity index (χ1) is 10.1. The Kier molecular flexibility index (Phi) is 6.37. The van der Waals surface area contributed by atoms with Gasteiger partial charge in [-0.25, -0.2) is 8.42 Å². The molecule has 0 saturated carbocycles. The van der Waals surface area contributed by atoms with Crippen molar-refractivity contribution in [2.75, 3.05) is 33.4 Å². The first-order valence-corrected chi connectivity index (χ1v) is 8.59. The van der Waals surface area contributed by atoms with E-state index in [1.165, 1.54) is 29.0 Å². The number of halogens is 1. The number of hydrogen-bond acceptors (Lipinski definition) is 4. The third-order valence-electron chi connectivity index (χ3n) is 3.05. The van der Waals surface area contributed by atoms with Crippen molar-refractivity contribution in [3.8, 4) is 0 Å². The molecule has 0 bridgehead atoms. The third-order valence-corrected chi connectivity index (χ3v) is 5.26. The summed E-state index contributed by atoms with van der Waals surface area (Å²) in [7, 11) is 0.997. The van der Waals surface area contributed by atoms with Crippen LogP contribution >= 0.6 is 11.6 Å². The van der Waals surface area contributed by atoms with E-state index in [2.05, 4.69) is 0 Å². The van der Waals surface area contributed by atoms with Crippen molar-refractivity contribution in [2.45, 2.75) is 11.3 Å². The van der Waals surface area contributed by atoms with Crippen molar-refractivity contribution in [3.63, 3.8) is 0 Å². The van der Waals surface area contributed by atoms with Gasteiger partial charge < -0.3 is 9.80 Å². The van der Waals surface area contributed by atoms with E-state index in [9.17, 15) is 18.0 Å². The summed E-state index contributed by atoms with van der Waals surface area (Å²) in [6.07, 6.45) is -0.204. The molecule has 1 rings (SSSR count). The predicted octanol–water partition coefficient (Wildman–Crippen LogP) is 1.05. The van der Waals surface area contributed by atoms with Crippen LogP contribution < -0.4 is 0 Å². The van der Waals surface area contributed by atoms with Crippen LogP contribution in [0, 0.1) is 0 Å². The summed E-state index contributed by atoms with van der Waals surface area (Å²) in [6, 6.07) is 6.09. The molecule has 122 valence electrons. The van der Waals surface area contributed by atoms with Gasteiger partial charge in [-0.3, -0.25) is 9.59 Å². The summed E-state index contributed by atoms with van der Waals surface area (Å²) in [5.74, 6) is -0.994. The third kappa shape index (κ3) is 4.99. The van der Waals surface area contributed by atoms with Gasteiger partial charge in [-0.15, -0.1) is 0 Å². The van der Waals surface area contributed by atoms with Gasteiger partial charge in [-0.05, 0) is 12.1 Å². The molecule has 22 heavy (non-hydrogen) atoms. The number of carbonyl (C=O) groups excluding carboxylic acids is 2.